The minimum atomic E-state index is -2.49. The molecule has 3 unspecified atom stereocenters. The number of nitrogens with zero attached hydrogens (tertiary/aromatic N) is 4. The fraction of sp³-hybridized carbons (Fsp3) is 0.478. The lowest BCUT2D eigenvalue weighted by molar-refractivity contribution is 0.0122. The molecule has 0 saturated carbocycles. The van der Waals surface area contributed by atoms with Crippen molar-refractivity contribution in [1.29, 1.82) is 0 Å². The summed E-state index contributed by atoms with van der Waals surface area (Å²) < 4.78 is 27.1. The number of fused-ring (bicyclic) bond motifs is 2. The highest BCUT2D eigenvalue weighted by atomic mass is 32.1. The number of amides is 1. The summed E-state index contributed by atoms with van der Waals surface area (Å²) in [6.45, 7) is 3.86. The lowest BCUT2D eigenvalue weighted by Crippen LogP contribution is -2.43. The first-order valence-corrected chi connectivity index (χ1v) is 12.1. The van der Waals surface area contributed by atoms with Crippen molar-refractivity contribution in [3.63, 3.8) is 0 Å². The fourth-order valence-corrected chi connectivity index (χ4v) is 5.76. The SMILES string of the molecule is Cc1ncc2c(N)c(C(=O)NC3CCc4nc(N5CC(N)C(C)(C(F)F)C5)ccc4C3)sc2n1. The molecule has 180 valence electrons. The molecule has 1 saturated heterocycles. The Kier molecular flexibility index (Phi) is 5.64. The maximum absolute atomic E-state index is 13.5. The number of carbonyl (C=O) groups is 1. The molecular formula is C23H27F2N7OS. The summed E-state index contributed by atoms with van der Waals surface area (Å²) in [4.78, 5) is 29.2. The molecule has 1 fully saturated rings. The number of carbonyl (C=O) groups excluding carboxylic acids is 1. The van der Waals surface area contributed by atoms with Gasteiger partial charge in [0.25, 0.3) is 5.91 Å². The van der Waals surface area contributed by atoms with Crippen molar-refractivity contribution in [3.05, 3.63) is 40.3 Å². The van der Waals surface area contributed by atoms with E-state index in [0.29, 0.717) is 51.8 Å². The Balaban J connectivity index is 1.28. The molecule has 2 aliphatic rings. The Morgan fingerprint density at radius 3 is 2.88 bits per heavy atom. The molecule has 3 aromatic heterocycles. The van der Waals surface area contributed by atoms with Gasteiger partial charge in [-0.15, -0.1) is 11.3 Å². The molecule has 1 aliphatic carbocycles. The Labute approximate surface area is 199 Å². The number of nitrogens with one attached hydrogen (secondary N) is 1. The summed E-state index contributed by atoms with van der Waals surface area (Å²) in [6, 6.07) is 3.18. The number of pyridine rings is 1. The summed E-state index contributed by atoms with van der Waals surface area (Å²) in [5.41, 5.74) is 13.4. The summed E-state index contributed by atoms with van der Waals surface area (Å²) in [7, 11) is 0. The van der Waals surface area contributed by atoms with Crippen molar-refractivity contribution >= 4 is 39.0 Å². The number of halogens is 2. The molecule has 5 N–H and O–H groups in total. The number of thiophene rings is 1. The van der Waals surface area contributed by atoms with E-state index in [9.17, 15) is 13.6 Å². The molecule has 0 spiro atoms. The third-order valence-corrected chi connectivity index (χ3v) is 8.13. The number of hydrogen-bond donors (Lipinski definition) is 3. The number of aryl methyl sites for hydroxylation is 2. The quantitative estimate of drug-likeness (QED) is 0.517. The van der Waals surface area contributed by atoms with E-state index >= 15 is 0 Å². The van der Waals surface area contributed by atoms with Crippen LogP contribution in [0.3, 0.4) is 0 Å². The van der Waals surface area contributed by atoms with Gasteiger partial charge in [-0.2, -0.15) is 0 Å². The van der Waals surface area contributed by atoms with E-state index < -0.39 is 17.9 Å². The Morgan fingerprint density at radius 2 is 2.15 bits per heavy atom. The van der Waals surface area contributed by atoms with E-state index in [1.165, 1.54) is 18.3 Å². The number of nitrogens with two attached hydrogens (primary N) is 2. The molecular weight excluding hydrogens is 460 g/mol. The summed E-state index contributed by atoms with van der Waals surface area (Å²) >= 11 is 1.27. The van der Waals surface area contributed by atoms with Crippen molar-refractivity contribution < 1.29 is 13.6 Å². The summed E-state index contributed by atoms with van der Waals surface area (Å²) in [5.74, 6) is 1.09. The van der Waals surface area contributed by atoms with Gasteiger partial charge in [0, 0.05) is 37.1 Å². The Bertz CT molecular complexity index is 1270. The van der Waals surface area contributed by atoms with Crippen LogP contribution in [0.1, 0.15) is 40.1 Å². The second kappa shape index (κ2) is 8.38. The number of anilines is 2. The van der Waals surface area contributed by atoms with Crippen LogP contribution in [0.2, 0.25) is 0 Å². The number of nitrogen functional groups attached to an aromatic ring is 1. The fourth-order valence-electron chi connectivity index (χ4n) is 4.75. The first-order valence-electron chi connectivity index (χ1n) is 11.3. The van der Waals surface area contributed by atoms with E-state index in [4.69, 9.17) is 16.5 Å². The van der Waals surface area contributed by atoms with Gasteiger partial charge in [0.15, 0.2) is 0 Å². The monoisotopic (exact) mass is 487 g/mol. The summed E-state index contributed by atoms with van der Waals surface area (Å²) in [5, 5.41) is 3.79. The van der Waals surface area contributed by atoms with E-state index in [-0.39, 0.29) is 18.5 Å². The molecule has 1 aliphatic heterocycles. The molecule has 5 rings (SSSR count). The third kappa shape index (κ3) is 3.86. The van der Waals surface area contributed by atoms with Gasteiger partial charge in [-0.3, -0.25) is 4.79 Å². The van der Waals surface area contributed by atoms with Crippen LogP contribution in [0.5, 0.6) is 0 Å². The van der Waals surface area contributed by atoms with Gasteiger partial charge >= 0.3 is 0 Å². The maximum Gasteiger partial charge on any atom is 0.263 e. The first-order chi connectivity index (χ1) is 16.2. The molecule has 0 bridgehead atoms. The van der Waals surface area contributed by atoms with Gasteiger partial charge in [0.05, 0.1) is 16.5 Å². The Morgan fingerprint density at radius 1 is 1.35 bits per heavy atom. The van der Waals surface area contributed by atoms with Gasteiger partial charge in [0.2, 0.25) is 6.43 Å². The van der Waals surface area contributed by atoms with Crippen LogP contribution in [-0.2, 0) is 12.8 Å². The van der Waals surface area contributed by atoms with Crippen molar-refractivity contribution in [3.8, 4) is 0 Å². The van der Waals surface area contributed by atoms with Gasteiger partial charge in [-0.25, -0.2) is 23.7 Å². The Hall–Kier alpha value is -2.92. The van der Waals surface area contributed by atoms with Gasteiger partial charge in [-0.1, -0.05) is 13.0 Å². The molecule has 34 heavy (non-hydrogen) atoms. The first kappa shape index (κ1) is 22.9. The van der Waals surface area contributed by atoms with E-state index in [2.05, 4.69) is 15.3 Å². The zero-order valence-electron chi connectivity index (χ0n) is 19.0. The van der Waals surface area contributed by atoms with Crippen molar-refractivity contribution in [1.82, 2.24) is 20.3 Å². The zero-order chi connectivity index (χ0) is 24.2. The molecule has 0 aromatic carbocycles. The molecule has 3 aromatic rings. The number of hydrogen-bond acceptors (Lipinski definition) is 8. The second-order valence-corrected chi connectivity index (χ2v) is 10.5. The van der Waals surface area contributed by atoms with Gasteiger partial charge in [0.1, 0.15) is 21.3 Å². The van der Waals surface area contributed by atoms with Crippen molar-refractivity contribution in [2.24, 2.45) is 11.1 Å². The van der Waals surface area contributed by atoms with E-state index in [0.717, 1.165) is 17.7 Å². The highest BCUT2D eigenvalue weighted by molar-refractivity contribution is 7.21. The van der Waals surface area contributed by atoms with Crippen molar-refractivity contribution in [2.45, 2.75) is 51.6 Å². The molecule has 8 nitrogen and oxygen atoms in total. The number of alkyl halides is 2. The van der Waals surface area contributed by atoms with Gasteiger partial charge in [-0.05, 0) is 37.8 Å². The smallest absolute Gasteiger partial charge is 0.263 e. The largest absolute Gasteiger partial charge is 0.397 e. The average Bonchev–Trinajstić information content (AvgIpc) is 3.30. The minimum absolute atomic E-state index is 0.0487. The minimum Gasteiger partial charge on any atom is -0.397 e. The van der Waals surface area contributed by atoms with Crippen LogP contribution in [-0.4, -0.2) is 52.5 Å². The normalized spacial score (nSPS) is 24.6. The summed E-state index contributed by atoms with van der Waals surface area (Å²) in [6.07, 6.45) is 1.23. The van der Waals surface area contributed by atoms with Crippen LogP contribution in [0.4, 0.5) is 20.3 Å². The topological polar surface area (TPSA) is 123 Å². The van der Waals surface area contributed by atoms with Crippen LogP contribution in [0, 0.1) is 12.3 Å². The number of aromatic nitrogens is 3. The number of rotatable bonds is 4. The molecule has 3 atom stereocenters. The second-order valence-electron chi connectivity index (χ2n) is 9.46. The molecule has 0 radical (unpaired) electrons. The predicted molar refractivity (Wildman–Crippen MR) is 128 cm³/mol. The molecule has 11 heteroatoms. The highest BCUT2D eigenvalue weighted by Gasteiger charge is 2.48. The van der Waals surface area contributed by atoms with Crippen LogP contribution < -0.4 is 21.7 Å². The van der Waals surface area contributed by atoms with Crippen molar-refractivity contribution in [2.75, 3.05) is 23.7 Å². The van der Waals surface area contributed by atoms with E-state index in [1.54, 1.807) is 13.1 Å². The molecule has 4 heterocycles. The molecule has 1 amide bonds. The zero-order valence-corrected chi connectivity index (χ0v) is 19.8. The van der Waals surface area contributed by atoms with E-state index in [1.807, 2.05) is 17.0 Å². The average molecular weight is 488 g/mol. The highest BCUT2D eigenvalue weighted by Crippen LogP contribution is 2.38. The third-order valence-electron chi connectivity index (χ3n) is 7.02. The lowest BCUT2D eigenvalue weighted by Gasteiger charge is -2.28. The standard InChI is InChI=1S/C23H27F2N7OS/c1-11-28-8-14-18(27)19(34-21(14)29-11)20(33)30-13-4-5-15-12(7-13)3-6-17(31-15)32-9-16(26)23(2,10-32)22(24)25/h3,6,8,13,16,22H,4-5,7,9-10,26-27H2,1-2H3,(H,30,33). The van der Waals surface area contributed by atoms with Crippen LogP contribution in [0.25, 0.3) is 10.2 Å². The van der Waals surface area contributed by atoms with Crippen LogP contribution in [0.15, 0.2) is 18.3 Å². The van der Waals surface area contributed by atoms with Gasteiger partial charge < -0.3 is 21.7 Å². The lowest BCUT2D eigenvalue weighted by atomic mass is 9.86. The maximum atomic E-state index is 13.5. The predicted octanol–water partition coefficient (Wildman–Crippen LogP) is 2.68. The van der Waals surface area contributed by atoms with Crippen LogP contribution >= 0.6 is 11.3 Å².